The van der Waals surface area contributed by atoms with Crippen LogP contribution in [0.15, 0.2) is 67.4 Å². The Hall–Kier alpha value is -4.77. The average molecular weight is 555 g/mol. The molecule has 3 aromatic heterocycles. The van der Waals surface area contributed by atoms with Crippen LogP contribution in [0.5, 0.6) is 11.6 Å². The van der Waals surface area contributed by atoms with Gasteiger partial charge in [0, 0.05) is 37.1 Å². The van der Waals surface area contributed by atoms with Gasteiger partial charge >= 0.3 is 6.03 Å². The standard InChI is InChI=1S/C29H26N6O4S/c1-3-23(36)34-15-5-7-18(16-34)32-27(37)26-25-24-21(13-14-30-28(24)40-26)35(29(38)33-25)19-9-11-20(12-10-19)39-22-8-4-6-17(2)31-22/h3-4,6,8-14,18H,1,5,7,15-16H2,2H3,(H,32,37)(H,33,38). The molecule has 0 bridgehead atoms. The first kappa shape index (κ1) is 25.5. The molecule has 1 aromatic carbocycles. The number of aryl methyl sites for hydroxylation is 1. The Bertz CT molecular complexity index is 1650. The summed E-state index contributed by atoms with van der Waals surface area (Å²) in [6.07, 6.45) is 4.46. The van der Waals surface area contributed by atoms with Crippen LogP contribution in [-0.2, 0) is 4.79 Å². The van der Waals surface area contributed by atoms with Crippen molar-refractivity contribution in [2.45, 2.75) is 25.8 Å². The van der Waals surface area contributed by atoms with Gasteiger partial charge in [-0.2, -0.15) is 0 Å². The SMILES string of the molecule is C=CC(=O)N1CCCC(NC(=O)c2sc3nccc4c3c2NC(=O)N4c2ccc(Oc3cccc(C)n3)cc2)C1. The molecule has 1 unspecified atom stereocenters. The van der Waals surface area contributed by atoms with Gasteiger partial charge in [-0.25, -0.2) is 14.8 Å². The molecule has 10 nitrogen and oxygen atoms in total. The van der Waals surface area contributed by atoms with Crippen LogP contribution in [0.1, 0.15) is 28.2 Å². The number of piperidine rings is 1. The third-order valence-electron chi connectivity index (χ3n) is 6.88. The van der Waals surface area contributed by atoms with E-state index in [1.54, 1.807) is 52.4 Å². The highest BCUT2D eigenvalue weighted by molar-refractivity contribution is 7.21. The Labute approximate surface area is 234 Å². The summed E-state index contributed by atoms with van der Waals surface area (Å²) >= 11 is 1.23. The number of anilines is 3. The number of hydrogen-bond acceptors (Lipinski definition) is 7. The van der Waals surface area contributed by atoms with E-state index in [1.807, 2.05) is 19.1 Å². The fourth-order valence-electron chi connectivity index (χ4n) is 5.03. The molecule has 1 fully saturated rings. The highest BCUT2D eigenvalue weighted by Gasteiger charge is 2.33. The normalized spacial score (nSPS) is 16.4. The summed E-state index contributed by atoms with van der Waals surface area (Å²) in [4.78, 5) is 51.9. The molecule has 4 amide bonds. The van der Waals surface area contributed by atoms with E-state index in [0.717, 1.165) is 18.5 Å². The molecule has 2 aliphatic rings. The summed E-state index contributed by atoms with van der Waals surface area (Å²) in [5, 5.41) is 6.66. The Morgan fingerprint density at radius 2 is 2.02 bits per heavy atom. The number of likely N-dealkylation sites (tertiary alicyclic amines) is 1. The largest absolute Gasteiger partial charge is 0.439 e. The molecule has 4 aromatic rings. The van der Waals surface area contributed by atoms with Crippen molar-refractivity contribution in [2.24, 2.45) is 0 Å². The predicted molar refractivity (Wildman–Crippen MR) is 154 cm³/mol. The van der Waals surface area contributed by atoms with Crippen molar-refractivity contribution in [1.29, 1.82) is 0 Å². The summed E-state index contributed by atoms with van der Waals surface area (Å²) in [5.41, 5.74) is 2.56. The number of ether oxygens (including phenoxy) is 1. The van der Waals surface area contributed by atoms with Gasteiger partial charge in [0.1, 0.15) is 15.5 Å². The van der Waals surface area contributed by atoms with E-state index in [4.69, 9.17) is 4.74 Å². The van der Waals surface area contributed by atoms with E-state index < -0.39 is 0 Å². The van der Waals surface area contributed by atoms with Crippen LogP contribution in [0, 0.1) is 6.92 Å². The van der Waals surface area contributed by atoms with Crippen LogP contribution < -0.4 is 20.3 Å². The summed E-state index contributed by atoms with van der Waals surface area (Å²) in [6.45, 7) is 6.50. The molecule has 11 heteroatoms. The molecule has 0 aliphatic carbocycles. The molecule has 0 radical (unpaired) electrons. The Morgan fingerprint density at radius 1 is 1.20 bits per heavy atom. The second-order valence-corrected chi connectivity index (χ2v) is 10.6. The molecule has 1 saturated heterocycles. The van der Waals surface area contributed by atoms with Gasteiger partial charge in [0.05, 0.1) is 22.4 Å². The van der Waals surface area contributed by atoms with Crippen LogP contribution in [0.2, 0.25) is 0 Å². The van der Waals surface area contributed by atoms with Crippen LogP contribution in [-0.4, -0.2) is 51.8 Å². The maximum Gasteiger partial charge on any atom is 0.331 e. The zero-order valence-electron chi connectivity index (χ0n) is 21.7. The molecule has 5 heterocycles. The predicted octanol–water partition coefficient (Wildman–Crippen LogP) is 5.38. The monoisotopic (exact) mass is 554 g/mol. The third-order valence-corrected chi connectivity index (χ3v) is 7.97. The lowest BCUT2D eigenvalue weighted by atomic mass is 10.1. The number of benzene rings is 1. The van der Waals surface area contributed by atoms with Crippen molar-refractivity contribution < 1.29 is 19.1 Å². The fourth-order valence-corrected chi connectivity index (χ4v) is 6.06. The first-order chi connectivity index (χ1) is 19.4. The minimum atomic E-state index is -0.387. The molecule has 202 valence electrons. The number of thiophene rings is 1. The number of pyridine rings is 2. The van der Waals surface area contributed by atoms with Crippen molar-refractivity contribution in [2.75, 3.05) is 23.3 Å². The number of nitrogens with one attached hydrogen (secondary N) is 2. The van der Waals surface area contributed by atoms with E-state index in [-0.39, 0.29) is 23.9 Å². The Morgan fingerprint density at radius 3 is 2.80 bits per heavy atom. The van der Waals surface area contributed by atoms with Crippen LogP contribution in [0.4, 0.5) is 21.9 Å². The number of hydrogen-bond donors (Lipinski definition) is 2. The second-order valence-electron chi connectivity index (χ2n) is 9.60. The molecule has 40 heavy (non-hydrogen) atoms. The van der Waals surface area contributed by atoms with Gasteiger partial charge in [-0.3, -0.25) is 14.5 Å². The van der Waals surface area contributed by atoms with E-state index in [9.17, 15) is 14.4 Å². The first-order valence-corrected chi connectivity index (χ1v) is 13.7. The van der Waals surface area contributed by atoms with Crippen LogP contribution in [0.25, 0.3) is 10.2 Å². The first-order valence-electron chi connectivity index (χ1n) is 12.9. The topological polar surface area (TPSA) is 117 Å². The summed E-state index contributed by atoms with van der Waals surface area (Å²) in [5.74, 6) is 0.622. The van der Waals surface area contributed by atoms with Gasteiger partial charge in [0.2, 0.25) is 11.8 Å². The number of carbonyl (C=O) groups is 3. The lowest BCUT2D eigenvalue weighted by Gasteiger charge is -2.32. The van der Waals surface area contributed by atoms with Crippen LogP contribution >= 0.6 is 11.3 Å². The van der Waals surface area contributed by atoms with Gasteiger partial charge in [0.25, 0.3) is 5.91 Å². The number of aromatic nitrogens is 2. The third kappa shape index (κ3) is 4.75. The Balaban J connectivity index is 1.26. The molecule has 2 N–H and O–H groups in total. The minimum absolute atomic E-state index is 0.150. The van der Waals surface area contributed by atoms with Gasteiger partial charge in [-0.1, -0.05) is 12.6 Å². The number of nitrogens with zero attached hydrogens (tertiary/aromatic N) is 4. The van der Waals surface area contributed by atoms with Crippen LogP contribution in [0.3, 0.4) is 0 Å². The minimum Gasteiger partial charge on any atom is -0.439 e. The molecule has 2 aliphatic heterocycles. The van der Waals surface area contributed by atoms with Crippen molar-refractivity contribution >= 4 is 56.5 Å². The molecule has 0 saturated carbocycles. The second kappa shape index (κ2) is 10.4. The van der Waals surface area contributed by atoms with Crippen molar-refractivity contribution in [1.82, 2.24) is 20.2 Å². The lowest BCUT2D eigenvalue weighted by Crippen LogP contribution is -2.49. The zero-order chi connectivity index (χ0) is 27.8. The zero-order valence-corrected chi connectivity index (χ0v) is 22.5. The number of carbonyl (C=O) groups excluding carboxylic acids is 3. The van der Waals surface area contributed by atoms with E-state index in [0.29, 0.717) is 56.9 Å². The number of rotatable bonds is 6. The number of urea groups is 1. The summed E-state index contributed by atoms with van der Waals surface area (Å²) in [6, 6.07) is 13.9. The van der Waals surface area contributed by atoms with Gasteiger partial charge in [-0.05, 0) is 62.2 Å². The quantitative estimate of drug-likeness (QED) is 0.309. The average Bonchev–Trinajstić information content (AvgIpc) is 3.33. The summed E-state index contributed by atoms with van der Waals surface area (Å²) in [7, 11) is 0. The molecule has 0 spiro atoms. The fraction of sp³-hybridized carbons (Fsp3) is 0.207. The maximum atomic E-state index is 13.4. The molecular formula is C29H26N6O4S. The summed E-state index contributed by atoms with van der Waals surface area (Å²) < 4.78 is 5.85. The van der Waals surface area contributed by atoms with Crippen molar-refractivity contribution in [3.63, 3.8) is 0 Å². The highest BCUT2D eigenvalue weighted by atomic mass is 32.1. The van der Waals surface area contributed by atoms with E-state index >= 15 is 0 Å². The lowest BCUT2D eigenvalue weighted by molar-refractivity contribution is -0.127. The van der Waals surface area contributed by atoms with Crippen molar-refractivity contribution in [3.05, 3.63) is 78.0 Å². The van der Waals surface area contributed by atoms with Gasteiger partial charge in [0.15, 0.2) is 0 Å². The van der Waals surface area contributed by atoms with E-state index in [1.165, 1.54) is 17.4 Å². The number of amides is 4. The van der Waals surface area contributed by atoms with Gasteiger partial charge in [-0.15, -0.1) is 11.3 Å². The highest BCUT2D eigenvalue weighted by Crippen LogP contribution is 2.45. The van der Waals surface area contributed by atoms with E-state index in [2.05, 4.69) is 27.2 Å². The maximum absolute atomic E-state index is 13.4. The molecule has 6 rings (SSSR count). The molecular weight excluding hydrogens is 528 g/mol. The van der Waals surface area contributed by atoms with Gasteiger partial charge < -0.3 is 20.3 Å². The Kier molecular flexibility index (Phi) is 6.64. The molecule has 1 atom stereocenters. The van der Waals surface area contributed by atoms with Crippen molar-refractivity contribution in [3.8, 4) is 11.6 Å². The smallest absolute Gasteiger partial charge is 0.331 e.